The molecule has 103 valence electrons. The van der Waals surface area contributed by atoms with Crippen molar-refractivity contribution in [1.29, 1.82) is 0 Å². The molecule has 0 spiro atoms. The van der Waals surface area contributed by atoms with Gasteiger partial charge >= 0.3 is 27.0 Å². The first-order valence-electron chi connectivity index (χ1n) is 4.81. The Labute approximate surface area is 120 Å². The number of rotatable bonds is 3. The van der Waals surface area contributed by atoms with Crippen LogP contribution in [-0.4, -0.2) is 37.0 Å². The molecule has 0 radical (unpaired) electrons. The molecule has 1 rings (SSSR count). The zero-order valence-electron chi connectivity index (χ0n) is 10.7. The van der Waals surface area contributed by atoms with E-state index in [1.807, 2.05) is 60.6 Å². The number of likely N-dealkylation sites (N-methyl/N-ethyl adjacent to an activating group) is 1. The van der Waals surface area contributed by atoms with Crippen molar-refractivity contribution in [2.24, 2.45) is 0 Å². The molecule has 5 heteroatoms. The maximum Gasteiger partial charge on any atom is -0.0623 e. The van der Waals surface area contributed by atoms with Gasteiger partial charge in [0.25, 0.3) is 0 Å². The van der Waals surface area contributed by atoms with Crippen LogP contribution in [0.4, 0.5) is 0 Å². The van der Waals surface area contributed by atoms with E-state index in [2.05, 4.69) is 15.0 Å². The zero-order valence-corrected chi connectivity index (χ0v) is 13.2. The molecule has 0 aliphatic rings. The van der Waals surface area contributed by atoms with Crippen LogP contribution >= 0.6 is 9.69 Å². The topological polar surface area (TPSA) is 52.5 Å². The van der Waals surface area contributed by atoms with Gasteiger partial charge < -0.3 is 23.0 Å². The van der Waals surface area contributed by atoms with E-state index in [1.165, 1.54) is 0 Å². The smallest absolute Gasteiger partial charge is 0.0623 e. The Bertz CT molecular complexity index is 137. The van der Waals surface area contributed by atoms with E-state index in [-0.39, 0.29) is 14.0 Å². The van der Waals surface area contributed by atoms with Crippen LogP contribution in [0.15, 0.2) is 36.4 Å². The number of halogens is 1. The Morgan fingerprint density at radius 2 is 1.29 bits per heavy atom. The normalized spacial score (nSPS) is 6.65. The maximum atomic E-state index is 8.13. The molecule has 0 aliphatic heterocycles. The van der Waals surface area contributed by atoms with Crippen LogP contribution in [0.5, 0.6) is 0 Å². The van der Waals surface area contributed by atoms with Gasteiger partial charge in [-0.1, -0.05) is 43.3 Å². The van der Waals surface area contributed by atoms with Gasteiger partial charge in [0.05, 0.1) is 6.61 Å². The quantitative estimate of drug-likeness (QED) is 0.444. The van der Waals surface area contributed by atoms with Crippen molar-refractivity contribution >= 4 is 9.69 Å². The largest absolute Gasteiger partial charge is 0.0623 e. The second-order valence-corrected chi connectivity index (χ2v) is 2.23. The van der Waals surface area contributed by atoms with Gasteiger partial charge in [0, 0.05) is 13.7 Å². The van der Waals surface area contributed by atoms with Crippen LogP contribution in [0.2, 0.25) is 0 Å². The average Bonchev–Trinajstić information content (AvgIpc) is 2.43. The number of aliphatic hydroxyl groups is 2. The summed E-state index contributed by atoms with van der Waals surface area (Å²) >= 11 is 1.82. The molecule has 3 nitrogen and oxygen atoms in total. The Hall–Kier alpha value is 0.0134. The Morgan fingerprint density at radius 1 is 1.00 bits per heavy atom. The SMILES string of the molecule is CCNCCO.CO.[CH3-].[Cl][Ru+2].c1ccccc1. The summed E-state index contributed by atoms with van der Waals surface area (Å²) in [7, 11) is 5.57. The van der Waals surface area contributed by atoms with Crippen molar-refractivity contribution in [2.45, 2.75) is 6.92 Å². The maximum absolute atomic E-state index is 8.13. The van der Waals surface area contributed by atoms with E-state index in [0.717, 1.165) is 20.2 Å². The van der Waals surface area contributed by atoms with Gasteiger partial charge in [-0.15, -0.1) is 0 Å². The minimum atomic E-state index is 0. The van der Waals surface area contributed by atoms with E-state index in [1.54, 1.807) is 0 Å². The van der Waals surface area contributed by atoms with Crippen molar-refractivity contribution in [2.75, 3.05) is 26.8 Å². The fraction of sp³-hybridized carbons (Fsp3) is 0.417. The molecule has 0 aromatic heterocycles. The number of nitrogens with one attached hydrogen (secondary N) is 1. The van der Waals surface area contributed by atoms with Gasteiger partial charge in [-0.2, -0.15) is 0 Å². The van der Waals surface area contributed by atoms with E-state index in [9.17, 15) is 0 Å². The van der Waals surface area contributed by atoms with Gasteiger partial charge in [-0.25, -0.2) is 0 Å². The minimum absolute atomic E-state index is 0. The summed E-state index contributed by atoms with van der Waals surface area (Å²) in [6.45, 7) is 3.92. The molecule has 0 saturated carbocycles. The Morgan fingerprint density at radius 3 is 1.41 bits per heavy atom. The van der Waals surface area contributed by atoms with Crippen LogP contribution in [0.3, 0.4) is 0 Å². The molecule has 17 heavy (non-hydrogen) atoms. The minimum Gasteiger partial charge on any atom is -0.0623 e. The molecule has 0 bridgehead atoms. The van der Waals surface area contributed by atoms with Gasteiger partial charge in [0.1, 0.15) is 0 Å². The van der Waals surface area contributed by atoms with Gasteiger partial charge in [0.2, 0.25) is 0 Å². The van der Waals surface area contributed by atoms with Crippen LogP contribution in [0.25, 0.3) is 0 Å². The van der Waals surface area contributed by atoms with E-state index in [0.29, 0.717) is 0 Å². The van der Waals surface area contributed by atoms with Crippen molar-refractivity contribution in [1.82, 2.24) is 5.32 Å². The molecule has 0 saturated heterocycles. The standard InChI is InChI=1S/C6H6.C4H11NO.CH4O.CH3.ClH.Ru/c1-2-4-6-5-3-1;1-2-5-3-4-6;1-2;;;/h1-6H;5-6H,2-4H2,1H3;2H,1H3;1H3;1H;/q;;;-1;;+3/p-1. The number of aliphatic hydroxyl groups excluding tert-OH is 2. The summed E-state index contributed by atoms with van der Waals surface area (Å²) < 4.78 is 0. The Balaban J connectivity index is -0.0000000737. The fourth-order valence-corrected chi connectivity index (χ4v) is 0.641. The van der Waals surface area contributed by atoms with Crippen LogP contribution in [-0.2, 0) is 17.3 Å². The first-order valence-corrected chi connectivity index (χ1v) is 7.05. The van der Waals surface area contributed by atoms with Crippen LogP contribution in [0.1, 0.15) is 6.92 Å². The van der Waals surface area contributed by atoms with E-state index < -0.39 is 0 Å². The van der Waals surface area contributed by atoms with Gasteiger partial charge in [-0.3, -0.25) is 0 Å². The molecule has 1 aromatic rings. The first kappa shape index (κ1) is 25.8. The molecule has 0 atom stereocenters. The molecule has 0 heterocycles. The summed E-state index contributed by atoms with van der Waals surface area (Å²) in [6.07, 6.45) is 0. The molecular weight excluding hydrogens is 327 g/mol. The second-order valence-electron chi connectivity index (χ2n) is 2.23. The van der Waals surface area contributed by atoms with Crippen molar-refractivity contribution < 1.29 is 27.5 Å². The third-order valence-corrected chi connectivity index (χ3v) is 1.21. The van der Waals surface area contributed by atoms with Gasteiger partial charge in [0.15, 0.2) is 0 Å². The first-order chi connectivity index (χ1) is 7.91. The molecule has 0 unspecified atom stereocenters. The predicted octanol–water partition coefficient (Wildman–Crippen LogP) is 2.02. The molecule has 0 amide bonds. The fourth-order valence-electron chi connectivity index (χ4n) is 0.641. The van der Waals surface area contributed by atoms with Gasteiger partial charge in [-0.05, 0) is 6.54 Å². The third-order valence-electron chi connectivity index (χ3n) is 1.21. The van der Waals surface area contributed by atoms with Crippen LogP contribution in [0, 0.1) is 7.43 Å². The van der Waals surface area contributed by atoms with E-state index >= 15 is 0 Å². The number of hydrogen-bond donors (Lipinski definition) is 3. The summed E-state index contributed by atoms with van der Waals surface area (Å²) in [5, 5.41) is 18.1. The van der Waals surface area contributed by atoms with Crippen LogP contribution < -0.4 is 5.32 Å². The van der Waals surface area contributed by atoms with Crippen molar-refractivity contribution in [3.8, 4) is 0 Å². The predicted molar refractivity (Wildman–Crippen MR) is 72.5 cm³/mol. The third kappa shape index (κ3) is 38.7. The molecule has 3 N–H and O–H groups in total. The summed E-state index contributed by atoms with van der Waals surface area (Å²) in [4.78, 5) is 0. The average molecular weight is 351 g/mol. The van der Waals surface area contributed by atoms with Crippen molar-refractivity contribution in [3.05, 3.63) is 43.8 Å². The Kier molecular flexibility index (Phi) is 54.6. The number of benzene rings is 1. The van der Waals surface area contributed by atoms with Crippen molar-refractivity contribution in [3.63, 3.8) is 0 Å². The summed E-state index contributed by atoms with van der Waals surface area (Å²) in [5.74, 6) is 0. The second kappa shape index (κ2) is 36.0. The number of hydrogen-bond acceptors (Lipinski definition) is 3. The molecular formula is C12H24ClNO2Ru+. The zero-order chi connectivity index (χ0) is 13.1. The molecule has 1 aromatic carbocycles. The summed E-state index contributed by atoms with van der Waals surface area (Å²) in [6, 6.07) is 12.0. The van der Waals surface area contributed by atoms with E-state index in [4.69, 9.17) is 10.2 Å². The summed E-state index contributed by atoms with van der Waals surface area (Å²) in [5.41, 5.74) is 0. The molecule has 0 fully saturated rings. The monoisotopic (exact) mass is 351 g/mol. The molecule has 0 aliphatic carbocycles.